The maximum atomic E-state index is 12.3. The number of benzene rings is 1. The minimum Gasteiger partial charge on any atom is -0.508 e. The van der Waals surface area contributed by atoms with Crippen LogP contribution in [0.2, 0.25) is 0 Å². The molecular weight excluding hydrogens is 316 g/mol. The SMILES string of the molecule is CC(NC(C)C1CCCN(C(=O)OC(C)(C)C)C1)c1ccc(O)cc1. The van der Waals surface area contributed by atoms with Gasteiger partial charge >= 0.3 is 6.09 Å². The van der Waals surface area contributed by atoms with Crippen molar-refractivity contribution < 1.29 is 14.6 Å². The Morgan fingerprint density at radius 1 is 1.28 bits per heavy atom. The molecular formula is C20H32N2O3. The van der Waals surface area contributed by atoms with Crippen molar-refractivity contribution >= 4 is 6.09 Å². The summed E-state index contributed by atoms with van der Waals surface area (Å²) in [6.45, 7) is 11.5. The van der Waals surface area contributed by atoms with Crippen LogP contribution in [0.3, 0.4) is 0 Å². The summed E-state index contributed by atoms with van der Waals surface area (Å²) in [5.41, 5.74) is 0.686. The van der Waals surface area contributed by atoms with E-state index in [1.165, 1.54) is 0 Å². The normalized spacial score (nSPS) is 20.8. The van der Waals surface area contributed by atoms with E-state index in [4.69, 9.17) is 4.74 Å². The van der Waals surface area contributed by atoms with Gasteiger partial charge in [0.05, 0.1) is 0 Å². The number of aromatic hydroxyl groups is 1. The summed E-state index contributed by atoms with van der Waals surface area (Å²) in [6.07, 6.45) is 1.90. The number of piperidine rings is 1. The number of hydrogen-bond acceptors (Lipinski definition) is 4. The van der Waals surface area contributed by atoms with Crippen LogP contribution >= 0.6 is 0 Å². The average molecular weight is 348 g/mol. The second-order valence-corrected chi connectivity index (χ2v) is 8.10. The average Bonchev–Trinajstić information content (AvgIpc) is 2.54. The number of nitrogens with zero attached hydrogens (tertiary/aromatic N) is 1. The lowest BCUT2D eigenvalue weighted by atomic mass is 9.91. The van der Waals surface area contributed by atoms with Crippen LogP contribution in [-0.4, -0.2) is 40.8 Å². The predicted octanol–water partition coefficient (Wildman–Crippen LogP) is 4.08. The van der Waals surface area contributed by atoms with Crippen molar-refractivity contribution in [2.24, 2.45) is 5.92 Å². The van der Waals surface area contributed by atoms with Gasteiger partial charge in [0.1, 0.15) is 11.4 Å². The second kappa shape index (κ2) is 8.09. The third kappa shape index (κ3) is 5.92. The fourth-order valence-electron chi connectivity index (χ4n) is 3.30. The second-order valence-electron chi connectivity index (χ2n) is 8.10. The topological polar surface area (TPSA) is 61.8 Å². The molecule has 0 bridgehead atoms. The molecule has 1 heterocycles. The van der Waals surface area contributed by atoms with E-state index in [0.717, 1.165) is 31.5 Å². The minimum atomic E-state index is -0.457. The molecule has 0 saturated carbocycles. The van der Waals surface area contributed by atoms with Crippen molar-refractivity contribution in [2.45, 2.75) is 65.1 Å². The monoisotopic (exact) mass is 348 g/mol. The van der Waals surface area contributed by atoms with Crippen molar-refractivity contribution in [3.8, 4) is 5.75 Å². The van der Waals surface area contributed by atoms with Crippen LogP contribution in [0.15, 0.2) is 24.3 Å². The van der Waals surface area contributed by atoms with Crippen LogP contribution in [0.1, 0.15) is 59.1 Å². The van der Waals surface area contributed by atoms with E-state index in [0.29, 0.717) is 5.92 Å². The van der Waals surface area contributed by atoms with E-state index in [1.807, 2.05) is 37.8 Å². The van der Waals surface area contributed by atoms with Crippen LogP contribution < -0.4 is 5.32 Å². The van der Waals surface area contributed by atoms with Crippen LogP contribution in [-0.2, 0) is 4.74 Å². The molecule has 3 atom stereocenters. The Morgan fingerprint density at radius 2 is 1.92 bits per heavy atom. The summed E-state index contributed by atoms with van der Waals surface area (Å²) >= 11 is 0. The van der Waals surface area contributed by atoms with E-state index in [9.17, 15) is 9.90 Å². The van der Waals surface area contributed by atoms with Crippen molar-refractivity contribution in [1.29, 1.82) is 0 Å². The minimum absolute atomic E-state index is 0.188. The first-order chi connectivity index (χ1) is 11.7. The highest BCUT2D eigenvalue weighted by atomic mass is 16.6. The summed E-state index contributed by atoms with van der Waals surface area (Å²) in [6, 6.07) is 7.77. The maximum Gasteiger partial charge on any atom is 0.410 e. The number of ether oxygens (including phenoxy) is 1. The molecule has 1 aromatic carbocycles. The molecule has 5 nitrogen and oxygen atoms in total. The van der Waals surface area contributed by atoms with Crippen molar-refractivity contribution in [3.63, 3.8) is 0 Å². The largest absolute Gasteiger partial charge is 0.508 e. The van der Waals surface area contributed by atoms with Crippen LogP contribution in [0, 0.1) is 5.92 Å². The number of nitrogens with one attached hydrogen (secondary N) is 1. The van der Waals surface area contributed by atoms with Gasteiger partial charge in [0.15, 0.2) is 0 Å². The lowest BCUT2D eigenvalue weighted by molar-refractivity contribution is 0.0146. The summed E-state index contributed by atoms with van der Waals surface area (Å²) < 4.78 is 5.51. The third-order valence-corrected chi connectivity index (χ3v) is 4.72. The summed E-state index contributed by atoms with van der Waals surface area (Å²) in [5, 5.41) is 13.0. The molecule has 0 radical (unpaired) electrons. The fourth-order valence-corrected chi connectivity index (χ4v) is 3.30. The van der Waals surface area contributed by atoms with Gasteiger partial charge in [0.25, 0.3) is 0 Å². The lowest BCUT2D eigenvalue weighted by Crippen LogP contribution is -2.48. The zero-order valence-corrected chi connectivity index (χ0v) is 16.1. The summed E-state index contributed by atoms with van der Waals surface area (Å²) in [7, 11) is 0. The van der Waals surface area contributed by atoms with Gasteiger partial charge in [-0.3, -0.25) is 0 Å². The smallest absolute Gasteiger partial charge is 0.410 e. The maximum absolute atomic E-state index is 12.3. The first-order valence-electron chi connectivity index (χ1n) is 9.18. The van der Waals surface area contributed by atoms with E-state index in [1.54, 1.807) is 12.1 Å². The molecule has 0 spiro atoms. The Morgan fingerprint density at radius 3 is 2.52 bits per heavy atom. The number of carbonyl (C=O) groups is 1. The molecule has 0 aromatic heterocycles. The molecule has 25 heavy (non-hydrogen) atoms. The zero-order chi connectivity index (χ0) is 18.6. The Balaban J connectivity index is 1.91. The predicted molar refractivity (Wildman–Crippen MR) is 99.7 cm³/mol. The van der Waals surface area contributed by atoms with Crippen molar-refractivity contribution in [2.75, 3.05) is 13.1 Å². The van der Waals surface area contributed by atoms with E-state index >= 15 is 0 Å². The molecule has 1 aliphatic heterocycles. The van der Waals surface area contributed by atoms with Gasteiger partial charge in [-0.2, -0.15) is 0 Å². The number of rotatable bonds is 4. The molecule has 1 saturated heterocycles. The molecule has 1 aromatic rings. The Labute approximate surface area is 151 Å². The summed E-state index contributed by atoms with van der Waals surface area (Å²) in [5.74, 6) is 0.685. The number of hydrogen-bond donors (Lipinski definition) is 2. The molecule has 5 heteroatoms. The Bertz CT molecular complexity index is 565. The zero-order valence-electron chi connectivity index (χ0n) is 16.1. The number of likely N-dealkylation sites (tertiary alicyclic amines) is 1. The number of carbonyl (C=O) groups excluding carboxylic acids is 1. The molecule has 0 aliphatic carbocycles. The van der Waals surface area contributed by atoms with Crippen molar-refractivity contribution in [1.82, 2.24) is 10.2 Å². The number of phenols is 1. The van der Waals surface area contributed by atoms with E-state index < -0.39 is 5.60 Å². The van der Waals surface area contributed by atoms with E-state index in [-0.39, 0.29) is 23.9 Å². The Kier molecular flexibility index (Phi) is 6.33. The highest BCUT2D eigenvalue weighted by Crippen LogP contribution is 2.24. The van der Waals surface area contributed by atoms with Crippen LogP contribution in [0.25, 0.3) is 0 Å². The molecule has 2 rings (SSSR count). The van der Waals surface area contributed by atoms with Gasteiger partial charge in [-0.05, 0) is 71.1 Å². The number of amides is 1. The third-order valence-electron chi connectivity index (χ3n) is 4.72. The quantitative estimate of drug-likeness (QED) is 0.861. The summed E-state index contributed by atoms with van der Waals surface area (Å²) in [4.78, 5) is 14.2. The molecule has 1 fully saturated rings. The van der Waals surface area contributed by atoms with Crippen LogP contribution in [0.5, 0.6) is 5.75 Å². The molecule has 2 N–H and O–H groups in total. The highest BCUT2D eigenvalue weighted by molar-refractivity contribution is 5.68. The fraction of sp³-hybridized carbons (Fsp3) is 0.650. The molecule has 140 valence electrons. The Hall–Kier alpha value is -1.75. The first kappa shape index (κ1) is 19.6. The van der Waals surface area contributed by atoms with Gasteiger partial charge in [-0.25, -0.2) is 4.79 Å². The number of phenolic OH excluding ortho intramolecular Hbond substituents is 1. The first-order valence-corrected chi connectivity index (χ1v) is 9.18. The van der Waals surface area contributed by atoms with Gasteiger partial charge in [-0.15, -0.1) is 0 Å². The highest BCUT2D eigenvalue weighted by Gasteiger charge is 2.30. The van der Waals surface area contributed by atoms with Gasteiger partial charge < -0.3 is 20.1 Å². The lowest BCUT2D eigenvalue weighted by Gasteiger charge is -2.37. The van der Waals surface area contributed by atoms with E-state index in [2.05, 4.69) is 19.2 Å². The molecule has 3 unspecified atom stereocenters. The molecule has 1 amide bonds. The van der Waals surface area contributed by atoms with Crippen molar-refractivity contribution in [3.05, 3.63) is 29.8 Å². The van der Waals surface area contributed by atoms with Gasteiger partial charge in [0, 0.05) is 25.2 Å². The van der Waals surface area contributed by atoms with Gasteiger partial charge in [0.2, 0.25) is 0 Å². The standard InChI is InChI=1S/C20H32N2O3/c1-14(16-8-10-18(23)11-9-16)21-15(2)17-7-6-12-22(13-17)19(24)25-20(3,4)5/h8-11,14-15,17,21,23H,6-7,12-13H2,1-5H3. The van der Waals surface area contributed by atoms with Crippen LogP contribution in [0.4, 0.5) is 4.79 Å². The molecule has 1 aliphatic rings. The van der Waals surface area contributed by atoms with Gasteiger partial charge in [-0.1, -0.05) is 12.1 Å².